The van der Waals surface area contributed by atoms with Gasteiger partial charge in [-0.15, -0.1) is 0 Å². The van der Waals surface area contributed by atoms with Crippen LogP contribution in [0, 0.1) is 13.8 Å². The molecule has 0 aromatic carbocycles. The Morgan fingerprint density at radius 1 is 1.43 bits per heavy atom. The highest BCUT2D eigenvalue weighted by atomic mass is 16.3. The second-order valence-electron chi connectivity index (χ2n) is 4.09. The third-order valence-electron chi connectivity index (χ3n) is 3.14. The average molecular weight is 195 g/mol. The van der Waals surface area contributed by atoms with Crippen molar-refractivity contribution in [2.45, 2.75) is 45.3 Å². The number of aliphatic hydroxyl groups excluding tert-OH is 1. The maximum atomic E-state index is 9.77. The number of anilines is 1. The van der Waals surface area contributed by atoms with Gasteiger partial charge in [0, 0.05) is 0 Å². The Labute approximate surface area is 83.7 Å². The van der Waals surface area contributed by atoms with Crippen molar-refractivity contribution < 1.29 is 5.11 Å². The lowest BCUT2D eigenvalue weighted by Crippen LogP contribution is -2.20. The fourth-order valence-corrected chi connectivity index (χ4v) is 2.20. The zero-order chi connectivity index (χ0) is 10.3. The molecule has 0 aliphatic heterocycles. The molecule has 1 aliphatic rings. The first-order valence-electron chi connectivity index (χ1n) is 5.10. The van der Waals surface area contributed by atoms with E-state index in [1.807, 2.05) is 18.5 Å². The molecule has 0 spiro atoms. The summed E-state index contributed by atoms with van der Waals surface area (Å²) in [6.07, 6.45) is 2.70. The molecule has 0 radical (unpaired) electrons. The third-order valence-corrected chi connectivity index (χ3v) is 3.14. The van der Waals surface area contributed by atoms with Gasteiger partial charge in [0.1, 0.15) is 0 Å². The van der Waals surface area contributed by atoms with Gasteiger partial charge in [0.2, 0.25) is 0 Å². The first-order chi connectivity index (χ1) is 6.61. The van der Waals surface area contributed by atoms with Crippen LogP contribution in [0.4, 0.5) is 5.69 Å². The van der Waals surface area contributed by atoms with Crippen LogP contribution in [0.3, 0.4) is 0 Å². The largest absolute Gasteiger partial charge is 0.396 e. The van der Waals surface area contributed by atoms with E-state index >= 15 is 0 Å². The summed E-state index contributed by atoms with van der Waals surface area (Å²) in [5, 5.41) is 14.1. The van der Waals surface area contributed by atoms with Gasteiger partial charge in [-0.1, -0.05) is 0 Å². The summed E-state index contributed by atoms with van der Waals surface area (Å²) in [6.45, 7) is 3.86. The van der Waals surface area contributed by atoms with Crippen LogP contribution in [0.2, 0.25) is 0 Å². The third kappa shape index (κ3) is 1.30. The van der Waals surface area contributed by atoms with Crippen molar-refractivity contribution in [2.24, 2.45) is 0 Å². The summed E-state index contributed by atoms with van der Waals surface area (Å²) in [7, 11) is 0. The van der Waals surface area contributed by atoms with Crippen molar-refractivity contribution in [1.82, 2.24) is 9.78 Å². The Hall–Kier alpha value is -1.03. The lowest BCUT2D eigenvalue weighted by molar-refractivity contribution is 0.129. The number of nitrogens with two attached hydrogens (primary N) is 1. The first-order valence-corrected chi connectivity index (χ1v) is 5.10. The Morgan fingerprint density at radius 2 is 2.14 bits per heavy atom. The molecular formula is C10H17N3O. The molecule has 0 saturated heterocycles. The number of rotatable bonds is 1. The van der Waals surface area contributed by atoms with Crippen LogP contribution in [0.15, 0.2) is 0 Å². The van der Waals surface area contributed by atoms with Gasteiger partial charge in [-0.2, -0.15) is 5.10 Å². The fourth-order valence-electron chi connectivity index (χ4n) is 2.20. The maximum Gasteiger partial charge on any atom is 0.0826 e. The van der Waals surface area contributed by atoms with Crippen LogP contribution < -0.4 is 5.73 Å². The smallest absolute Gasteiger partial charge is 0.0826 e. The lowest BCUT2D eigenvalue weighted by Gasteiger charge is -2.16. The number of nitrogens with zero attached hydrogens (tertiary/aromatic N) is 2. The van der Waals surface area contributed by atoms with E-state index in [9.17, 15) is 5.11 Å². The SMILES string of the molecule is Cc1nn(C2CCCC2O)c(C)c1N. The molecule has 1 aromatic rings. The van der Waals surface area contributed by atoms with E-state index in [-0.39, 0.29) is 12.1 Å². The molecular weight excluding hydrogens is 178 g/mol. The van der Waals surface area contributed by atoms with E-state index < -0.39 is 0 Å². The molecule has 1 aromatic heterocycles. The number of aliphatic hydroxyl groups is 1. The highest BCUT2D eigenvalue weighted by Crippen LogP contribution is 2.32. The molecule has 3 N–H and O–H groups in total. The number of hydrogen-bond acceptors (Lipinski definition) is 3. The molecule has 1 fully saturated rings. The van der Waals surface area contributed by atoms with Crippen LogP contribution in [0.5, 0.6) is 0 Å². The molecule has 0 bridgehead atoms. The Bertz CT molecular complexity index is 345. The van der Waals surface area contributed by atoms with Crippen LogP contribution >= 0.6 is 0 Å². The van der Waals surface area contributed by atoms with Gasteiger partial charge >= 0.3 is 0 Å². The van der Waals surface area contributed by atoms with Crippen molar-refractivity contribution in [3.05, 3.63) is 11.4 Å². The minimum Gasteiger partial charge on any atom is -0.396 e. The zero-order valence-corrected chi connectivity index (χ0v) is 8.70. The second-order valence-corrected chi connectivity index (χ2v) is 4.09. The van der Waals surface area contributed by atoms with E-state index in [1.165, 1.54) is 0 Å². The molecule has 14 heavy (non-hydrogen) atoms. The monoisotopic (exact) mass is 195 g/mol. The molecule has 4 heteroatoms. The van der Waals surface area contributed by atoms with Gasteiger partial charge < -0.3 is 10.8 Å². The Morgan fingerprint density at radius 3 is 2.57 bits per heavy atom. The standard InChI is InChI=1S/C10H17N3O/c1-6-10(11)7(2)13(12-6)8-4-3-5-9(8)14/h8-9,14H,3-5,11H2,1-2H3. The van der Waals surface area contributed by atoms with Crippen molar-refractivity contribution in [1.29, 1.82) is 0 Å². The number of nitrogen functional groups attached to an aromatic ring is 1. The number of hydrogen-bond donors (Lipinski definition) is 2. The Kier molecular flexibility index (Phi) is 2.23. The summed E-state index contributed by atoms with van der Waals surface area (Å²) in [6, 6.07) is 0.131. The molecule has 1 aliphatic carbocycles. The summed E-state index contributed by atoms with van der Waals surface area (Å²) in [4.78, 5) is 0. The van der Waals surface area contributed by atoms with Crippen molar-refractivity contribution >= 4 is 5.69 Å². The molecule has 1 saturated carbocycles. The minimum atomic E-state index is -0.257. The normalized spacial score (nSPS) is 27.1. The van der Waals surface area contributed by atoms with Gasteiger partial charge in [-0.25, -0.2) is 0 Å². The van der Waals surface area contributed by atoms with E-state index in [2.05, 4.69) is 5.10 Å². The highest BCUT2D eigenvalue weighted by Gasteiger charge is 2.29. The summed E-state index contributed by atoms with van der Waals surface area (Å²) >= 11 is 0. The van der Waals surface area contributed by atoms with Gasteiger partial charge in [-0.05, 0) is 33.1 Å². The molecule has 4 nitrogen and oxygen atoms in total. The molecule has 2 rings (SSSR count). The second kappa shape index (κ2) is 3.28. The van der Waals surface area contributed by atoms with Crippen LogP contribution in [-0.2, 0) is 0 Å². The van der Waals surface area contributed by atoms with Gasteiger partial charge in [0.05, 0.1) is 29.2 Å². The highest BCUT2D eigenvalue weighted by molar-refractivity contribution is 5.47. The molecule has 2 unspecified atom stereocenters. The van der Waals surface area contributed by atoms with Crippen molar-refractivity contribution in [2.75, 3.05) is 5.73 Å². The van der Waals surface area contributed by atoms with Gasteiger partial charge in [-0.3, -0.25) is 4.68 Å². The van der Waals surface area contributed by atoms with Gasteiger partial charge in [0.15, 0.2) is 0 Å². The van der Waals surface area contributed by atoms with Gasteiger partial charge in [0.25, 0.3) is 0 Å². The quantitative estimate of drug-likeness (QED) is 0.707. The van der Waals surface area contributed by atoms with E-state index in [4.69, 9.17) is 5.73 Å². The minimum absolute atomic E-state index is 0.131. The zero-order valence-electron chi connectivity index (χ0n) is 8.70. The summed E-state index contributed by atoms with van der Waals surface area (Å²) in [5.74, 6) is 0. The number of aryl methyl sites for hydroxylation is 1. The van der Waals surface area contributed by atoms with Crippen LogP contribution in [-0.4, -0.2) is 21.0 Å². The van der Waals surface area contributed by atoms with Crippen molar-refractivity contribution in [3.63, 3.8) is 0 Å². The topological polar surface area (TPSA) is 64.1 Å². The summed E-state index contributed by atoms with van der Waals surface area (Å²) < 4.78 is 1.89. The molecule has 0 amide bonds. The van der Waals surface area contributed by atoms with Crippen LogP contribution in [0.25, 0.3) is 0 Å². The molecule has 78 valence electrons. The number of aromatic nitrogens is 2. The van der Waals surface area contributed by atoms with E-state index in [0.717, 1.165) is 36.3 Å². The average Bonchev–Trinajstić information content (AvgIpc) is 2.66. The lowest BCUT2D eigenvalue weighted by atomic mass is 10.2. The first kappa shape index (κ1) is 9.52. The van der Waals surface area contributed by atoms with Crippen LogP contribution in [0.1, 0.15) is 36.7 Å². The summed E-state index contributed by atoms with van der Waals surface area (Å²) in [5.41, 5.74) is 8.45. The molecule has 2 atom stereocenters. The molecule has 1 heterocycles. The maximum absolute atomic E-state index is 9.77. The predicted molar refractivity (Wildman–Crippen MR) is 55.0 cm³/mol. The fraction of sp³-hybridized carbons (Fsp3) is 0.700. The van der Waals surface area contributed by atoms with E-state index in [1.54, 1.807) is 0 Å². The predicted octanol–water partition coefficient (Wildman–Crippen LogP) is 1.17. The van der Waals surface area contributed by atoms with Crippen molar-refractivity contribution in [3.8, 4) is 0 Å². The Balaban J connectivity index is 2.36. The van der Waals surface area contributed by atoms with E-state index in [0.29, 0.717) is 0 Å².